The topological polar surface area (TPSA) is 46.7 Å². The third-order valence-corrected chi connectivity index (χ3v) is 7.98. The van der Waals surface area contributed by atoms with Gasteiger partial charge in [0.15, 0.2) is 0 Å². The van der Waals surface area contributed by atoms with E-state index in [9.17, 15) is 0 Å². The van der Waals surface area contributed by atoms with Gasteiger partial charge in [0, 0.05) is 66.8 Å². The van der Waals surface area contributed by atoms with Crippen molar-refractivity contribution >= 4 is 55.1 Å². The predicted octanol–water partition coefficient (Wildman–Crippen LogP) is 9.39. The second kappa shape index (κ2) is 11.0. The molecule has 0 bridgehead atoms. The number of aromatic nitrogens is 2. The van der Waals surface area contributed by atoms with Crippen LogP contribution in [0.1, 0.15) is 0 Å². The molecule has 0 fully saturated rings. The van der Waals surface area contributed by atoms with Crippen molar-refractivity contribution in [2.24, 2.45) is 0 Å². The molecule has 7 heteroatoms. The number of anilines is 2. The number of benzene rings is 5. The summed E-state index contributed by atoms with van der Waals surface area (Å²) < 4.78 is 14.7. The minimum absolute atomic E-state index is 0. The fourth-order valence-corrected chi connectivity index (χ4v) is 5.92. The zero-order chi connectivity index (χ0) is 29.0. The predicted molar refractivity (Wildman–Crippen MR) is 175 cm³/mol. The molecule has 1 aliphatic rings. The molecule has 5 aromatic carbocycles. The van der Waals surface area contributed by atoms with Gasteiger partial charge in [0.2, 0.25) is 0 Å². The Bertz CT molecular complexity index is 2380. The maximum absolute atomic E-state index is 6.35. The summed E-state index contributed by atoms with van der Waals surface area (Å²) in [5.41, 5.74) is 5.50. The summed E-state index contributed by atoms with van der Waals surface area (Å²) in [6.45, 7) is 2.02. The summed E-state index contributed by atoms with van der Waals surface area (Å²) in [7, 11) is 0. The van der Waals surface area contributed by atoms with Crippen LogP contribution in [0.25, 0.3) is 49.6 Å². The van der Waals surface area contributed by atoms with E-state index in [0.29, 0.717) is 11.5 Å². The molecule has 4 heterocycles. The van der Waals surface area contributed by atoms with Crippen LogP contribution in [0.5, 0.6) is 11.5 Å². The Morgan fingerprint density at radius 1 is 0.644 bits per heavy atom. The molecule has 0 N–H and O–H groups in total. The third-order valence-electron chi connectivity index (χ3n) is 7.98. The van der Waals surface area contributed by atoms with Crippen LogP contribution in [0, 0.1) is 18.8 Å². The van der Waals surface area contributed by atoms with E-state index in [1.165, 1.54) is 0 Å². The second-order valence-corrected chi connectivity index (χ2v) is 10.6. The molecule has 6 nitrogen and oxygen atoms in total. The Morgan fingerprint density at radius 3 is 2.33 bits per heavy atom. The molecular formula is C38H23N4O2Pt-3. The van der Waals surface area contributed by atoms with Crippen LogP contribution < -0.4 is 14.5 Å². The number of nitrogens with zero attached hydrogens (tertiary/aromatic N) is 4. The Hall–Kier alpha value is -5.32. The molecule has 0 saturated carbocycles. The molecule has 0 amide bonds. The third kappa shape index (κ3) is 4.66. The monoisotopic (exact) mass is 762 g/mol. The molecule has 9 rings (SSSR count). The minimum atomic E-state index is 0. The van der Waals surface area contributed by atoms with E-state index in [1.807, 2.05) is 103 Å². The quantitative estimate of drug-likeness (QED) is 0.164. The summed E-state index contributed by atoms with van der Waals surface area (Å²) >= 11 is 0. The molecule has 3 aromatic heterocycles. The van der Waals surface area contributed by atoms with Gasteiger partial charge in [0.1, 0.15) is 17.0 Å². The number of fused-ring (bicyclic) bond motifs is 6. The number of hydrogen-bond acceptors (Lipinski definition) is 5. The molecule has 8 aromatic rings. The fourth-order valence-electron chi connectivity index (χ4n) is 5.92. The molecule has 0 aliphatic carbocycles. The molecule has 0 unspecified atom stereocenters. The first-order valence-electron chi connectivity index (χ1n) is 14.4. The van der Waals surface area contributed by atoms with Gasteiger partial charge in [-0.3, -0.25) is 0 Å². The summed E-state index contributed by atoms with van der Waals surface area (Å²) in [4.78, 5) is 8.97. The summed E-state index contributed by atoms with van der Waals surface area (Å²) in [5, 5.41) is 4.23. The maximum Gasteiger partial charge on any atom is 0.140 e. The van der Waals surface area contributed by atoms with Crippen molar-refractivity contribution in [3.63, 3.8) is 0 Å². The molecular weight excluding hydrogens is 740 g/mol. The number of ether oxygens (including phenoxy) is 1. The summed E-state index contributed by atoms with van der Waals surface area (Å²) in [5.74, 6) is 1.94. The number of para-hydroxylation sites is 3. The van der Waals surface area contributed by atoms with Crippen molar-refractivity contribution in [3.05, 3.63) is 153 Å². The Kier molecular flexibility index (Phi) is 6.65. The average molecular weight is 763 g/mol. The number of pyridine rings is 1. The van der Waals surface area contributed by atoms with E-state index >= 15 is 0 Å². The summed E-state index contributed by atoms with van der Waals surface area (Å²) in [6, 6.07) is 45.4. The minimum Gasteiger partial charge on any atom is -0.509 e. The SMILES string of the molecule is [Pt].[c-]1c(Oc2[c-]c3c(cc2)c2ccccc2n3-c2cc3oc4ccccc4c3cn2)cccc1N1C=CN(c2ccccc2)[CH-]1. The van der Waals surface area contributed by atoms with Crippen molar-refractivity contribution in [1.82, 2.24) is 9.55 Å². The van der Waals surface area contributed by atoms with E-state index < -0.39 is 0 Å². The van der Waals surface area contributed by atoms with E-state index in [0.717, 1.165) is 60.9 Å². The van der Waals surface area contributed by atoms with E-state index in [4.69, 9.17) is 14.1 Å². The van der Waals surface area contributed by atoms with Crippen LogP contribution in [0.3, 0.4) is 0 Å². The summed E-state index contributed by atoms with van der Waals surface area (Å²) in [6.07, 6.45) is 5.92. The average Bonchev–Trinajstić information content (AvgIpc) is 3.79. The fraction of sp³-hybridized carbons (Fsp3) is 0. The Balaban J connectivity index is 0.00000300. The zero-order valence-electron chi connectivity index (χ0n) is 23.7. The van der Waals surface area contributed by atoms with Gasteiger partial charge in [-0.2, -0.15) is 12.1 Å². The van der Waals surface area contributed by atoms with Crippen molar-refractivity contribution in [2.45, 2.75) is 0 Å². The first-order valence-corrected chi connectivity index (χ1v) is 14.4. The largest absolute Gasteiger partial charge is 0.509 e. The maximum atomic E-state index is 6.35. The van der Waals surface area contributed by atoms with Gasteiger partial charge in [-0.1, -0.05) is 60.1 Å². The Labute approximate surface area is 273 Å². The molecule has 0 radical (unpaired) electrons. The van der Waals surface area contributed by atoms with Crippen molar-refractivity contribution in [1.29, 1.82) is 0 Å². The molecule has 0 atom stereocenters. The van der Waals surface area contributed by atoms with Crippen LogP contribution in [0.15, 0.2) is 138 Å². The van der Waals surface area contributed by atoms with Gasteiger partial charge < -0.3 is 23.5 Å². The number of furan rings is 1. The second-order valence-electron chi connectivity index (χ2n) is 10.6. The smallest absolute Gasteiger partial charge is 0.140 e. The molecule has 0 spiro atoms. The van der Waals surface area contributed by atoms with Crippen molar-refractivity contribution in [3.8, 4) is 17.3 Å². The van der Waals surface area contributed by atoms with Gasteiger partial charge in [0.05, 0.1) is 0 Å². The van der Waals surface area contributed by atoms with E-state index in [-0.39, 0.29) is 21.1 Å². The zero-order valence-corrected chi connectivity index (χ0v) is 26.0. The van der Waals surface area contributed by atoms with Crippen LogP contribution in [-0.2, 0) is 21.1 Å². The normalized spacial score (nSPS) is 12.9. The van der Waals surface area contributed by atoms with Gasteiger partial charge in [-0.25, -0.2) is 4.98 Å². The van der Waals surface area contributed by atoms with Crippen LogP contribution in [0.2, 0.25) is 0 Å². The number of hydrogen-bond donors (Lipinski definition) is 0. The standard InChI is InChI=1S/C38H23N4O2.Pt/c1-2-9-26(10-3-1)40-19-20-41(25-40)27-11-8-12-28(21-27)43-29-17-18-31-30-13-4-6-15-34(30)42(35(31)22-29)38-23-37-33(24-39-38)32-14-5-7-16-36(32)44-37;/h1-20,23-25H;/q-3;. The Morgan fingerprint density at radius 2 is 1.42 bits per heavy atom. The van der Waals surface area contributed by atoms with E-state index in [1.54, 1.807) is 0 Å². The van der Waals surface area contributed by atoms with Crippen LogP contribution in [-0.4, -0.2) is 9.55 Å². The van der Waals surface area contributed by atoms with E-state index in [2.05, 4.69) is 64.1 Å². The van der Waals surface area contributed by atoms with Gasteiger partial charge in [-0.05, 0) is 42.1 Å². The van der Waals surface area contributed by atoms with Crippen LogP contribution in [0.4, 0.5) is 11.4 Å². The van der Waals surface area contributed by atoms with Crippen LogP contribution >= 0.6 is 0 Å². The van der Waals surface area contributed by atoms with Gasteiger partial charge in [0.25, 0.3) is 0 Å². The first-order chi connectivity index (χ1) is 21.8. The molecule has 0 saturated heterocycles. The number of rotatable bonds is 5. The van der Waals surface area contributed by atoms with Gasteiger partial charge >= 0.3 is 0 Å². The van der Waals surface area contributed by atoms with Gasteiger partial charge in [-0.15, -0.1) is 48.1 Å². The van der Waals surface area contributed by atoms with Crippen molar-refractivity contribution < 1.29 is 30.2 Å². The first kappa shape index (κ1) is 27.2. The molecule has 1 aliphatic heterocycles. The molecule has 220 valence electrons. The molecule has 45 heavy (non-hydrogen) atoms. The van der Waals surface area contributed by atoms with Crippen molar-refractivity contribution in [2.75, 3.05) is 9.80 Å².